The van der Waals surface area contributed by atoms with E-state index in [1.54, 1.807) is 0 Å². The molecule has 1 unspecified atom stereocenters. The highest BCUT2D eigenvalue weighted by Crippen LogP contribution is 2.23. The maximum atomic E-state index is 5.99. The van der Waals surface area contributed by atoms with Gasteiger partial charge in [-0.1, -0.05) is 28.9 Å². The van der Waals surface area contributed by atoms with Crippen molar-refractivity contribution in [2.24, 2.45) is 0 Å². The van der Waals surface area contributed by atoms with Gasteiger partial charge < -0.3 is 4.74 Å². The monoisotopic (exact) mass is 240 g/mol. The van der Waals surface area contributed by atoms with E-state index in [1.165, 1.54) is 24.4 Å². The molecule has 1 saturated heterocycles. The molecule has 0 radical (unpaired) electrons. The zero-order valence-corrected chi connectivity index (χ0v) is 11.3. The SMILES string of the molecule is CC1([SiH2]c2cccc(Cl)c2)CCCCO1. The second-order valence-corrected chi connectivity index (χ2v) is 7.66. The van der Waals surface area contributed by atoms with Crippen molar-refractivity contribution in [3.63, 3.8) is 0 Å². The fraction of sp³-hybridized carbons (Fsp3) is 0.500. The molecule has 0 amide bonds. The van der Waals surface area contributed by atoms with Crippen LogP contribution < -0.4 is 5.19 Å². The first-order valence-corrected chi connectivity index (χ1v) is 7.36. The van der Waals surface area contributed by atoms with Crippen LogP contribution in [0.2, 0.25) is 5.02 Å². The van der Waals surface area contributed by atoms with Crippen LogP contribution in [-0.4, -0.2) is 21.4 Å². The van der Waals surface area contributed by atoms with E-state index >= 15 is 0 Å². The lowest BCUT2D eigenvalue weighted by molar-refractivity contribution is -0.00611. The predicted molar refractivity (Wildman–Crippen MR) is 67.8 cm³/mol. The molecule has 1 fully saturated rings. The highest BCUT2D eigenvalue weighted by Gasteiger charge is 2.28. The van der Waals surface area contributed by atoms with Gasteiger partial charge in [0.15, 0.2) is 0 Å². The largest absolute Gasteiger partial charge is 0.379 e. The average Bonchev–Trinajstić information content (AvgIpc) is 2.18. The minimum Gasteiger partial charge on any atom is -0.379 e. The van der Waals surface area contributed by atoms with Crippen LogP contribution >= 0.6 is 11.6 Å². The zero-order chi connectivity index (χ0) is 10.7. The molecule has 1 aliphatic rings. The zero-order valence-electron chi connectivity index (χ0n) is 9.13. The van der Waals surface area contributed by atoms with E-state index in [-0.39, 0.29) is 14.7 Å². The standard InChI is InChI=1S/C12H17ClOSi/c1-12(7-2-3-8-14-12)15-11-6-4-5-10(13)9-11/h4-6,9H,2-3,7-8,15H2,1H3. The van der Waals surface area contributed by atoms with E-state index in [9.17, 15) is 0 Å². The summed E-state index contributed by atoms with van der Waals surface area (Å²) >= 11 is 5.99. The molecule has 0 aliphatic carbocycles. The minimum atomic E-state index is -0.382. The van der Waals surface area contributed by atoms with Gasteiger partial charge in [0, 0.05) is 11.6 Å². The molecule has 1 heterocycles. The summed E-state index contributed by atoms with van der Waals surface area (Å²) in [6, 6.07) is 8.25. The lowest BCUT2D eigenvalue weighted by Gasteiger charge is -2.33. The van der Waals surface area contributed by atoms with Crippen molar-refractivity contribution in [2.45, 2.75) is 31.4 Å². The van der Waals surface area contributed by atoms with E-state index in [1.807, 2.05) is 12.1 Å². The highest BCUT2D eigenvalue weighted by molar-refractivity contribution is 6.56. The second-order valence-electron chi connectivity index (χ2n) is 4.56. The molecule has 1 nitrogen and oxygen atoms in total. The van der Waals surface area contributed by atoms with Gasteiger partial charge in [0.05, 0.1) is 14.7 Å². The summed E-state index contributed by atoms with van der Waals surface area (Å²) < 4.78 is 5.93. The quantitative estimate of drug-likeness (QED) is 0.720. The molecule has 1 aromatic carbocycles. The summed E-state index contributed by atoms with van der Waals surface area (Å²) in [6.45, 7) is 3.20. The first kappa shape index (κ1) is 11.2. The Balaban J connectivity index is 2.06. The molecule has 1 aliphatic heterocycles. The third-order valence-corrected chi connectivity index (χ3v) is 5.41. The Labute approximate surface area is 98.6 Å². The van der Waals surface area contributed by atoms with Gasteiger partial charge in [0.2, 0.25) is 0 Å². The number of hydrogen-bond acceptors (Lipinski definition) is 1. The van der Waals surface area contributed by atoms with Crippen LogP contribution in [0.3, 0.4) is 0 Å². The number of hydrogen-bond donors (Lipinski definition) is 0. The van der Waals surface area contributed by atoms with Gasteiger partial charge >= 0.3 is 0 Å². The van der Waals surface area contributed by atoms with Crippen molar-refractivity contribution >= 4 is 26.3 Å². The smallest absolute Gasteiger partial charge is 0.0922 e. The van der Waals surface area contributed by atoms with Gasteiger partial charge in [-0.25, -0.2) is 0 Å². The normalized spacial score (nSPS) is 27.3. The molecule has 1 atom stereocenters. The number of benzene rings is 1. The molecule has 0 aromatic heterocycles. The van der Waals surface area contributed by atoms with E-state index < -0.39 is 0 Å². The highest BCUT2D eigenvalue weighted by atomic mass is 35.5. The summed E-state index contributed by atoms with van der Waals surface area (Å²) in [5.41, 5.74) is 0. The van der Waals surface area contributed by atoms with E-state index in [0.29, 0.717) is 0 Å². The number of halogens is 1. The Hall–Kier alpha value is -0.313. The van der Waals surface area contributed by atoms with Crippen molar-refractivity contribution in [3.8, 4) is 0 Å². The van der Waals surface area contributed by atoms with Gasteiger partial charge in [-0.3, -0.25) is 0 Å². The molecular weight excluding hydrogens is 224 g/mol. The third-order valence-electron chi connectivity index (χ3n) is 3.02. The average molecular weight is 241 g/mol. The minimum absolute atomic E-state index is 0.156. The van der Waals surface area contributed by atoms with Crippen LogP contribution in [0.5, 0.6) is 0 Å². The molecule has 0 spiro atoms. The summed E-state index contributed by atoms with van der Waals surface area (Å²) in [5.74, 6) is 0. The number of rotatable bonds is 2. The van der Waals surface area contributed by atoms with Crippen LogP contribution in [0, 0.1) is 0 Å². The molecule has 3 heteroatoms. The summed E-state index contributed by atoms with van der Waals surface area (Å²) in [5, 5.41) is 2.41. The lowest BCUT2D eigenvalue weighted by atomic mass is 10.1. The fourth-order valence-corrected chi connectivity index (χ4v) is 4.66. The first-order chi connectivity index (χ1) is 7.18. The molecule has 0 N–H and O–H groups in total. The first-order valence-electron chi connectivity index (χ1n) is 5.56. The molecule has 82 valence electrons. The van der Waals surface area contributed by atoms with E-state index in [0.717, 1.165) is 11.6 Å². The molecule has 0 bridgehead atoms. The molecular formula is C12H17ClOSi. The Kier molecular flexibility index (Phi) is 3.49. The van der Waals surface area contributed by atoms with Gasteiger partial charge in [-0.2, -0.15) is 0 Å². The van der Waals surface area contributed by atoms with Gasteiger partial charge in [0.25, 0.3) is 0 Å². The molecule has 0 saturated carbocycles. The molecule has 15 heavy (non-hydrogen) atoms. The van der Waals surface area contributed by atoms with Crippen LogP contribution in [0.4, 0.5) is 0 Å². The van der Waals surface area contributed by atoms with Crippen LogP contribution in [0.15, 0.2) is 24.3 Å². The van der Waals surface area contributed by atoms with Crippen molar-refractivity contribution in [3.05, 3.63) is 29.3 Å². The Morgan fingerprint density at radius 3 is 2.93 bits per heavy atom. The third kappa shape index (κ3) is 3.07. The van der Waals surface area contributed by atoms with Gasteiger partial charge in [-0.05, 0) is 38.3 Å². The summed E-state index contributed by atoms with van der Waals surface area (Å²) in [4.78, 5) is 0. The van der Waals surface area contributed by atoms with Crippen LogP contribution in [0.25, 0.3) is 0 Å². The second kappa shape index (κ2) is 4.68. The van der Waals surface area contributed by atoms with E-state index in [2.05, 4.69) is 19.1 Å². The van der Waals surface area contributed by atoms with Crippen LogP contribution in [-0.2, 0) is 4.74 Å². The Bertz CT molecular complexity index is 334. The predicted octanol–water partition coefficient (Wildman–Crippen LogP) is 2.05. The van der Waals surface area contributed by atoms with Gasteiger partial charge in [-0.15, -0.1) is 0 Å². The molecule has 2 rings (SSSR count). The van der Waals surface area contributed by atoms with Gasteiger partial charge in [0.1, 0.15) is 0 Å². The lowest BCUT2D eigenvalue weighted by Crippen LogP contribution is -2.44. The topological polar surface area (TPSA) is 9.23 Å². The van der Waals surface area contributed by atoms with Crippen LogP contribution in [0.1, 0.15) is 26.2 Å². The Morgan fingerprint density at radius 2 is 2.27 bits per heavy atom. The maximum absolute atomic E-state index is 5.99. The van der Waals surface area contributed by atoms with Crippen molar-refractivity contribution < 1.29 is 4.74 Å². The number of ether oxygens (including phenoxy) is 1. The maximum Gasteiger partial charge on any atom is 0.0922 e. The fourth-order valence-electron chi connectivity index (χ4n) is 2.21. The Morgan fingerprint density at radius 1 is 1.40 bits per heavy atom. The summed E-state index contributed by atoms with van der Waals surface area (Å²) in [6.07, 6.45) is 3.75. The summed E-state index contributed by atoms with van der Waals surface area (Å²) in [7, 11) is -0.382. The van der Waals surface area contributed by atoms with E-state index in [4.69, 9.17) is 16.3 Å². The van der Waals surface area contributed by atoms with Crippen molar-refractivity contribution in [1.29, 1.82) is 0 Å². The van der Waals surface area contributed by atoms with Crippen molar-refractivity contribution in [2.75, 3.05) is 6.61 Å². The molecule has 1 aromatic rings. The van der Waals surface area contributed by atoms with Crippen molar-refractivity contribution in [1.82, 2.24) is 0 Å².